The molecule has 1 aromatic carbocycles. The van der Waals surface area contributed by atoms with Crippen LogP contribution in [0, 0.1) is 0 Å². The first-order valence-electron chi connectivity index (χ1n) is 5.19. The maximum absolute atomic E-state index is 5.69. The van der Waals surface area contributed by atoms with E-state index in [1.807, 2.05) is 18.2 Å². The van der Waals surface area contributed by atoms with Gasteiger partial charge in [0.05, 0.1) is 17.6 Å². The summed E-state index contributed by atoms with van der Waals surface area (Å²) in [5.74, 6) is 0.689. The molecule has 4 N–H and O–H groups in total. The molecule has 0 atom stereocenters. The van der Waals surface area contributed by atoms with Gasteiger partial charge in [-0.1, -0.05) is 5.16 Å². The molecule has 2 heterocycles. The molecule has 17 heavy (non-hydrogen) atoms. The number of nitrogen functional groups attached to an aromatic ring is 1. The highest BCUT2D eigenvalue weighted by molar-refractivity contribution is 5.80. The molecule has 0 aliphatic rings. The van der Waals surface area contributed by atoms with Gasteiger partial charge in [0, 0.05) is 11.8 Å². The van der Waals surface area contributed by atoms with Gasteiger partial charge < -0.3 is 20.6 Å². The van der Waals surface area contributed by atoms with E-state index in [0.717, 1.165) is 16.7 Å². The number of nitrogens with two attached hydrogens (primary N) is 1. The first-order chi connectivity index (χ1) is 8.31. The molecule has 0 saturated heterocycles. The molecule has 0 bridgehead atoms. The van der Waals surface area contributed by atoms with Gasteiger partial charge in [-0.3, -0.25) is 0 Å². The Morgan fingerprint density at radius 2 is 2.29 bits per heavy atom. The second-order valence-electron chi connectivity index (χ2n) is 3.71. The van der Waals surface area contributed by atoms with Crippen LogP contribution in [0.5, 0.6) is 0 Å². The predicted molar refractivity (Wildman–Crippen MR) is 64.3 cm³/mol. The van der Waals surface area contributed by atoms with Crippen molar-refractivity contribution in [3.8, 4) is 0 Å². The van der Waals surface area contributed by atoms with Gasteiger partial charge in [0.2, 0.25) is 5.95 Å². The summed E-state index contributed by atoms with van der Waals surface area (Å²) in [5.41, 5.74) is 9.02. The lowest BCUT2D eigenvalue weighted by Gasteiger charge is -1.97. The van der Waals surface area contributed by atoms with Crippen LogP contribution in [-0.4, -0.2) is 15.1 Å². The van der Waals surface area contributed by atoms with Crippen LogP contribution in [0.1, 0.15) is 5.69 Å². The van der Waals surface area contributed by atoms with Crippen molar-refractivity contribution in [2.24, 2.45) is 0 Å². The highest BCUT2D eigenvalue weighted by Gasteiger charge is 2.03. The van der Waals surface area contributed by atoms with Crippen LogP contribution in [0.3, 0.4) is 0 Å². The Morgan fingerprint density at radius 1 is 1.35 bits per heavy atom. The number of imidazole rings is 1. The Morgan fingerprint density at radius 3 is 3.12 bits per heavy atom. The van der Waals surface area contributed by atoms with Gasteiger partial charge in [-0.15, -0.1) is 0 Å². The molecule has 0 aliphatic heterocycles. The van der Waals surface area contributed by atoms with Crippen LogP contribution in [0.4, 0.5) is 11.6 Å². The molecule has 6 nitrogen and oxygen atoms in total. The van der Waals surface area contributed by atoms with Crippen molar-refractivity contribution >= 4 is 22.7 Å². The van der Waals surface area contributed by atoms with Crippen LogP contribution in [0.25, 0.3) is 11.0 Å². The van der Waals surface area contributed by atoms with Gasteiger partial charge in [0.1, 0.15) is 12.0 Å². The predicted octanol–water partition coefficient (Wildman–Crippen LogP) is 1.75. The van der Waals surface area contributed by atoms with E-state index in [9.17, 15) is 0 Å². The van der Waals surface area contributed by atoms with Crippen molar-refractivity contribution < 1.29 is 4.52 Å². The lowest BCUT2D eigenvalue weighted by molar-refractivity contribution is 0.412. The van der Waals surface area contributed by atoms with E-state index in [4.69, 9.17) is 10.3 Å². The van der Waals surface area contributed by atoms with Crippen LogP contribution < -0.4 is 11.1 Å². The summed E-state index contributed by atoms with van der Waals surface area (Å²) in [4.78, 5) is 7.51. The molecule has 2 aromatic heterocycles. The van der Waals surface area contributed by atoms with Crippen molar-refractivity contribution in [1.82, 2.24) is 15.1 Å². The van der Waals surface area contributed by atoms with Crippen LogP contribution >= 0.6 is 0 Å². The summed E-state index contributed by atoms with van der Waals surface area (Å²) < 4.78 is 4.74. The molecular weight excluding hydrogens is 218 g/mol. The van der Waals surface area contributed by atoms with Crippen molar-refractivity contribution in [3.63, 3.8) is 0 Å². The largest absolute Gasteiger partial charge is 0.399 e. The average Bonchev–Trinajstić information content (AvgIpc) is 2.94. The zero-order chi connectivity index (χ0) is 11.7. The lowest BCUT2D eigenvalue weighted by Crippen LogP contribution is -2.00. The number of fused-ring (bicyclic) bond motifs is 1. The Balaban J connectivity index is 1.81. The summed E-state index contributed by atoms with van der Waals surface area (Å²) in [6.45, 7) is 0.561. The molecule has 0 spiro atoms. The first kappa shape index (κ1) is 9.71. The molecule has 86 valence electrons. The van der Waals surface area contributed by atoms with E-state index >= 15 is 0 Å². The number of anilines is 2. The monoisotopic (exact) mass is 229 g/mol. The molecule has 0 aliphatic carbocycles. The molecule has 0 unspecified atom stereocenters. The zero-order valence-corrected chi connectivity index (χ0v) is 8.97. The van der Waals surface area contributed by atoms with Gasteiger partial charge >= 0.3 is 0 Å². The van der Waals surface area contributed by atoms with E-state index in [-0.39, 0.29) is 0 Å². The molecule has 0 fully saturated rings. The third-order valence-corrected chi connectivity index (χ3v) is 2.43. The molecule has 0 amide bonds. The summed E-state index contributed by atoms with van der Waals surface area (Å²) in [7, 11) is 0. The highest BCUT2D eigenvalue weighted by Crippen LogP contribution is 2.17. The number of rotatable bonds is 3. The number of hydrogen-bond donors (Lipinski definition) is 3. The highest BCUT2D eigenvalue weighted by atomic mass is 16.5. The van der Waals surface area contributed by atoms with E-state index in [1.54, 1.807) is 6.07 Å². The minimum atomic E-state index is 0.561. The van der Waals surface area contributed by atoms with Gasteiger partial charge in [-0.2, -0.15) is 0 Å². The van der Waals surface area contributed by atoms with Gasteiger partial charge in [-0.05, 0) is 18.2 Å². The topological polar surface area (TPSA) is 92.8 Å². The van der Waals surface area contributed by atoms with Crippen LogP contribution in [0.2, 0.25) is 0 Å². The fourth-order valence-electron chi connectivity index (χ4n) is 1.61. The van der Waals surface area contributed by atoms with Crippen molar-refractivity contribution in [3.05, 3.63) is 36.2 Å². The fourth-order valence-corrected chi connectivity index (χ4v) is 1.61. The maximum atomic E-state index is 5.69. The Labute approximate surface area is 96.8 Å². The van der Waals surface area contributed by atoms with E-state index in [0.29, 0.717) is 18.2 Å². The van der Waals surface area contributed by atoms with Crippen LogP contribution in [-0.2, 0) is 6.54 Å². The molecular formula is C11H11N5O. The number of hydrogen-bond acceptors (Lipinski definition) is 5. The van der Waals surface area contributed by atoms with E-state index < -0.39 is 0 Å². The van der Waals surface area contributed by atoms with E-state index in [2.05, 4.69) is 20.4 Å². The summed E-state index contributed by atoms with van der Waals surface area (Å²) in [6.07, 6.45) is 1.54. The van der Waals surface area contributed by atoms with Crippen molar-refractivity contribution in [2.45, 2.75) is 6.54 Å². The molecule has 6 heteroatoms. The summed E-state index contributed by atoms with van der Waals surface area (Å²) in [6, 6.07) is 7.35. The molecule has 0 saturated carbocycles. The third-order valence-electron chi connectivity index (χ3n) is 2.43. The lowest BCUT2D eigenvalue weighted by atomic mass is 10.3. The number of aromatic nitrogens is 3. The number of aromatic amines is 1. The number of benzene rings is 1. The van der Waals surface area contributed by atoms with Gasteiger partial charge in [0.25, 0.3) is 0 Å². The first-order valence-corrected chi connectivity index (χ1v) is 5.19. The minimum Gasteiger partial charge on any atom is -0.399 e. The SMILES string of the molecule is Nc1ccc2nc(NCc3ccon3)[nH]c2c1. The second-order valence-corrected chi connectivity index (χ2v) is 3.71. The number of H-pyrrole nitrogens is 1. The Hall–Kier alpha value is -2.50. The van der Waals surface area contributed by atoms with Crippen LogP contribution in [0.15, 0.2) is 35.1 Å². The molecule has 3 aromatic rings. The standard InChI is InChI=1S/C11H11N5O/c12-7-1-2-9-10(5-7)15-11(14-9)13-6-8-3-4-17-16-8/h1-5H,6,12H2,(H2,13,14,15). The van der Waals surface area contributed by atoms with Gasteiger partial charge in [-0.25, -0.2) is 4.98 Å². The Kier molecular flexibility index (Phi) is 2.18. The van der Waals surface area contributed by atoms with E-state index in [1.165, 1.54) is 6.26 Å². The fraction of sp³-hybridized carbons (Fsp3) is 0.0909. The number of nitrogens with zero attached hydrogens (tertiary/aromatic N) is 2. The van der Waals surface area contributed by atoms with Gasteiger partial charge in [0.15, 0.2) is 0 Å². The summed E-state index contributed by atoms with van der Waals surface area (Å²) in [5, 5.41) is 6.93. The minimum absolute atomic E-state index is 0.561. The maximum Gasteiger partial charge on any atom is 0.201 e. The third kappa shape index (κ3) is 1.92. The zero-order valence-electron chi connectivity index (χ0n) is 8.97. The normalized spacial score (nSPS) is 10.8. The van der Waals surface area contributed by atoms with Crippen molar-refractivity contribution in [2.75, 3.05) is 11.1 Å². The van der Waals surface area contributed by atoms with Crippen molar-refractivity contribution in [1.29, 1.82) is 0 Å². The smallest absolute Gasteiger partial charge is 0.201 e. The molecule has 0 radical (unpaired) electrons. The second kappa shape index (κ2) is 3.82. The Bertz CT molecular complexity index is 628. The quantitative estimate of drug-likeness (QED) is 0.595. The number of nitrogens with one attached hydrogen (secondary N) is 2. The molecule has 3 rings (SSSR count). The summed E-state index contributed by atoms with van der Waals surface area (Å²) >= 11 is 0. The average molecular weight is 229 g/mol.